The largest absolute Gasteiger partial charge is 0.464 e. The normalized spacial score (nSPS) is 15.0. The Hall–Kier alpha value is -1.40. The molecule has 0 bridgehead atoms. The van der Waals surface area contributed by atoms with Crippen molar-refractivity contribution in [2.75, 3.05) is 38.2 Å². The first kappa shape index (κ1) is 13.7. The fourth-order valence-corrected chi connectivity index (χ4v) is 1.59. The topological polar surface area (TPSA) is 67.3 Å². The molecule has 1 aliphatic heterocycles. The predicted molar refractivity (Wildman–Crippen MR) is 65.7 cm³/mol. The summed E-state index contributed by atoms with van der Waals surface area (Å²) in [4.78, 5) is 21.5. The van der Waals surface area contributed by atoms with E-state index in [-0.39, 0.29) is 18.1 Å². The van der Waals surface area contributed by atoms with E-state index in [0.29, 0.717) is 0 Å². The third kappa shape index (κ3) is 3.28. The van der Waals surface area contributed by atoms with Gasteiger partial charge in [0.2, 0.25) is 0 Å². The molecule has 6 nitrogen and oxygen atoms in total. The van der Waals surface area contributed by atoms with Crippen LogP contribution in [0.5, 0.6) is 0 Å². The van der Waals surface area contributed by atoms with Crippen LogP contribution in [0.15, 0.2) is 12.4 Å². The van der Waals surface area contributed by atoms with Crippen LogP contribution >= 0.6 is 12.4 Å². The molecule has 94 valence electrons. The Balaban J connectivity index is 0.00000144. The van der Waals surface area contributed by atoms with Crippen molar-refractivity contribution in [1.29, 1.82) is 0 Å². The summed E-state index contributed by atoms with van der Waals surface area (Å²) in [5.74, 6) is 0.341. The van der Waals surface area contributed by atoms with Crippen LogP contribution in [0.1, 0.15) is 10.5 Å². The van der Waals surface area contributed by atoms with E-state index in [4.69, 9.17) is 0 Å². The van der Waals surface area contributed by atoms with Gasteiger partial charge in [0, 0.05) is 26.2 Å². The summed E-state index contributed by atoms with van der Waals surface area (Å²) in [6.45, 7) is 3.71. The smallest absolute Gasteiger partial charge is 0.358 e. The quantitative estimate of drug-likeness (QED) is 0.759. The first-order valence-electron chi connectivity index (χ1n) is 5.17. The van der Waals surface area contributed by atoms with Crippen LogP contribution in [0, 0.1) is 0 Å². The molecule has 0 spiro atoms. The van der Waals surface area contributed by atoms with Gasteiger partial charge < -0.3 is 15.0 Å². The lowest BCUT2D eigenvalue weighted by Gasteiger charge is -2.27. The number of nitrogens with zero attached hydrogens (tertiary/aromatic N) is 3. The second-order valence-electron chi connectivity index (χ2n) is 3.49. The second kappa shape index (κ2) is 6.36. The van der Waals surface area contributed by atoms with Crippen LogP contribution in [-0.2, 0) is 4.74 Å². The molecule has 0 atom stereocenters. The molecule has 2 rings (SSSR count). The monoisotopic (exact) mass is 258 g/mol. The molecule has 0 unspecified atom stereocenters. The van der Waals surface area contributed by atoms with Gasteiger partial charge in [-0.05, 0) is 0 Å². The van der Waals surface area contributed by atoms with Crippen LogP contribution < -0.4 is 10.2 Å². The molecule has 1 aromatic heterocycles. The third-order valence-corrected chi connectivity index (χ3v) is 2.47. The minimum Gasteiger partial charge on any atom is -0.464 e. The number of carbonyl (C=O) groups excluding carboxylic acids is 1. The fraction of sp³-hybridized carbons (Fsp3) is 0.500. The number of ether oxygens (including phenoxy) is 1. The van der Waals surface area contributed by atoms with Gasteiger partial charge in [-0.2, -0.15) is 0 Å². The van der Waals surface area contributed by atoms with Gasteiger partial charge in [0.1, 0.15) is 5.82 Å². The van der Waals surface area contributed by atoms with Crippen molar-refractivity contribution in [1.82, 2.24) is 15.3 Å². The Labute approximate surface area is 106 Å². The maximum Gasteiger partial charge on any atom is 0.358 e. The van der Waals surface area contributed by atoms with E-state index in [2.05, 4.69) is 24.9 Å². The second-order valence-corrected chi connectivity index (χ2v) is 3.49. The molecule has 17 heavy (non-hydrogen) atoms. The Morgan fingerprint density at radius 1 is 1.35 bits per heavy atom. The summed E-state index contributed by atoms with van der Waals surface area (Å²) in [5.41, 5.74) is 0.237. The summed E-state index contributed by atoms with van der Waals surface area (Å²) in [6, 6.07) is 0. The van der Waals surface area contributed by atoms with Crippen molar-refractivity contribution in [2.45, 2.75) is 0 Å². The highest BCUT2D eigenvalue weighted by Crippen LogP contribution is 2.09. The molecule has 0 aliphatic carbocycles. The summed E-state index contributed by atoms with van der Waals surface area (Å²) < 4.78 is 4.56. The van der Waals surface area contributed by atoms with Gasteiger partial charge in [0.15, 0.2) is 5.69 Å². The standard InChI is InChI=1S/C10H14N4O2.ClH/c1-16-10(15)8-6-13-9(7-12-8)14-4-2-11-3-5-14;/h6-7,11H,2-5H2,1H3;1H. The number of piperazine rings is 1. The van der Waals surface area contributed by atoms with E-state index in [9.17, 15) is 4.79 Å². The molecule has 7 heteroatoms. The minimum absolute atomic E-state index is 0. The molecular formula is C10H15ClN4O2. The number of methoxy groups -OCH3 is 1. The van der Waals surface area contributed by atoms with Gasteiger partial charge in [0.25, 0.3) is 0 Å². The average Bonchev–Trinajstić information content (AvgIpc) is 2.39. The van der Waals surface area contributed by atoms with Gasteiger partial charge in [0.05, 0.1) is 19.5 Å². The van der Waals surface area contributed by atoms with Crippen molar-refractivity contribution in [3.8, 4) is 0 Å². The molecule has 1 aromatic rings. The van der Waals surface area contributed by atoms with Crippen molar-refractivity contribution >= 4 is 24.2 Å². The lowest BCUT2D eigenvalue weighted by Crippen LogP contribution is -2.43. The summed E-state index contributed by atoms with van der Waals surface area (Å²) >= 11 is 0. The fourth-order valence-electron chi connectivity index (χ4n) is 1.59. The van der Waals surface area contributed by atoms with Gasteiger partial charge in [-0.1, -0.05) is 0 Å². The van der Waals surface area contributed by atoms with E-state index in [1.807, 2.05) is 0 Å². The number of halogens is 1. The van der Waals surface area contributed by atoms with Gasteiger partial charge in [-0.15, -0.1) is 12.4 Å². The molecule has 2 heterocycles. The highest BCUT2D eigenvalue weighted by molar-refractivity contribution is 5.86. The number of hydrogen-bond donors (Lipinski definition) is 1. The first-order valence-corrected chi connectivity index (χ1v) is 5.17. The molecule has 1 aliphatic rings. The van der Waals surface area contributed by atoms with Crippen molar-refractivity contribution in [3.05, 3.63) is 18.1 Å². The Kier molecular flexibility index (Phi) is 5.11. The van der Waals surface area contributed by atoms with Gasteiger partial charge >= 0.3 is 5.97 Å². The Morgan fingerprint density at radius 3 is 2.59 bits per heavy atom. The molecule has 0 amide bonds. The average molecular weight is 259 g/mol. The van der Waals surface area contributed by atoms with Gasteiger partial charge in [-0.25, -0.2) is 14.8 Å². The predicted octanol–water partition coefficient (Wildman–Crippen LogP) is 0.0946. The van der Waals surface area contributed by atoms with Crippen LogP contribution in [0.4, 0.5) is 5.82 Å². The maximum absolute atomic E-state index is 11.2. The molecule has 0 saturated carbocycles. The third-order valence-electron chi connectivity index (χ3n) is 2.47. The van der Waals surface area contributed by atoms with Crippen LogP contribution in [-0.4, -0.2) is 49.2 Å². The number of anilines is 1. The highest BCUT2D eigenvalue weighted by Gasteiger charge is 2.13. The number of carbonyl (C=O) groups is 1. The van der Waals surface area contributed by atoms with E-state index >= 15 is 0 Å². The molecule has 1 fully saturated rings. The van der Waals surface area contributed by atoms with E-state index in [0.717, 1.165) is 32.0 Å². The number of aromatic nitrogens is 2. The van der Waals surface area contributed by atoms with Gasteiger partial charge in [-0.3, -0.25) is 0 Å². The summed E-state index contributed by atoms with van der Waals surface area (Å²) in [5, 5.41) is 3.26. The molecule has 1 saturated heterocycles. The Morgan fingerprint density at radius 2 is 2.06 bits per heavy atom. The van der Waals surface area contributed by atoms with Crippen LogP contribution in [0.2, 0.25) is 0 Å². The minimum atomic E-state index is -0.459. The molecule has 1 N–H and O–H groups in total. The number of rotatable bonds is 2. The van der Waals surface area contributed by atoms with Crippen molar-refractivity contribution in [3.63, 3.8) is 0 Å². The Bertz CT molecular complexity index is 365. The van der Waals surface area contributed by atoms with E-state index < -0.39 is 5.97 Å². The summed E-state index contributed by atoms with van der Waals surface area (Å²) in [6.07, 6.45) is 3.06. The van der Waals surface area contributed by atoms with E-state index in [1.165, 1.54) is 13.3 Å². The van der Waals surface area contributed by atoms with Crippen molar-refractivity contribution in [2.24, 2.45) is 0 Å². The lowest BCUT2D eigenvalue weighted by atomic mass is 10.3. The van der Waals surface area contributed by atoms with E-state index in [1.54, 1.807) is 6.20 Å². The van der Waals surface area contributed by atoms with Crippen LogP contribution in [0.25, 0.3) is 0 Å². The summed E-state index contributed by atoms with van der Waals surface area (Å²) in [7, 11) is 1.33. The van der Waals surface area contributed by atoms with Crippen molar-refractivity contribution < 1.29 is 9.53 Å². The molecular weight excluding hydrogens is 244 g/mol. The highest BCUT2D eigenvalue weighted by atomic mass is 35.5. The van der Waals surface area contributed by atoms with Crippen LogP contribution in [0.3, 0.4) is 0 Å². The zero-order valence-electron chi connectivity index (χ0n) is 9.55. The zero-order chi connectivity index (χ0) is 11.4. The SMILES string of the molecule is COC(=O)c1cnc(N2CCNCC2)cn1.Cl. The number of esters is 1. The lowest BCUT2D eigenvalue weighted by molar-refractivity contribution is 0.0593. The number of hydrogen-bond acceptors (Lipinski definition) is 6. The molecule has 0 aromatic carbocycles. The molecule has 0 radical (unpaired) electrons. The first-order chi connectivity index (χ1) is 7.81. The zero-order valence-corrected chi connectivity index (χ0v) is 10.4. The maximum atomic E-state index is 11.2. The number of nitrogens with one attached hydrogen (secondary N) is 1.